The lowest BCUT2D eigenvalue weighted by atomic mass is 10.3. The molecule has 0 saturated carbocycles. The summed E-state index contributed by atoms with van der Waals surface area (Å²) in [6.45, 7) is 0.629. The number of hydrogen-bond donors (Lipinski definition) is 2. The Morgan fingerprint density at radius 2 is 2.40 bits per heavy atom. The molecule has 1 heterocycles. The molecule has 1 rings (SSSR count). The van der Waals surface area contributed by atoms with E-state index in [0.29, 0.717) is 12.4 Å². The van der Waals surface area contributed by atoms with E-state index in [1.807, 2.05) is 19.2 Å². The molecular formula is C10H16N4O. The number of methoxy groups -OCH3 is 1. The van der Waals surface area contributed by atoms with Crippen molar-refractivity contribution < 1.29 is 4.74 Å². The number of ether oxygens (including phenoxy) is 1. The molecule has 0 bridgehead atoms. The van der Waals surface area contributed by atoms with Gasteiger partial charge in [-0.1, -0.05) is 6.07 Å². The van der Waals surface area contributed by atoms with Crippen LogP contribution in [-0.4, -0.2) is 32.1 Å². The Labute approximate surface area is 89.6 Å². The summed E-state index contributed by atoms with van der Waals surface area (Å²) in [4.78, 5) is 8.11. The van der Waals surface area contributed by atoms with Gasteiger partial charge in [0.05, 0.1) is 7.11 Å². The van der Waals surface area contributed by atoms with Crippen LogP contribution in [0.3, 0.4) is 0 Å². The van der Waals surface area contributed by atoms with Crippen molar-refractivity contribution in [1.29, 1.82) is 0 Å². The van der Waals surface area contributed by atoms with Crippen LogP contribution in [0.15, 0.2) is 23.3 Å². The number of hydrogen-bond acceptors (Lipinski definition) is 3. The van der Waals surface area contributed by atoms with Gasteiger partial charge in [0.25, 0.3) is 0 Å². The SMILES string of the molecule is CN=C(NC)NCc1cccnc1OC. The maximum Gasteiger partial charge on any atom is 0.218 e. The second-order valence-corrected chi connectivity index (χ2v) is 2.85. The van der Waals surface area contributed by atoms with E-state index in [4.69, 9.17) is 4.74 Å². The summed E-state index contributed by atoms with van der Waals surface area (Å²) >= 11 is 0. The smallest absolute Gasteiger partial charge is 0.218 e. The van der Waals surface area contributed by atoms with E-state index < -0.39 is 0 Å². The lowest BCUT2D eigenvalue weighted by molar-refractivity contribution is 0.392. The normalized spacial score (nSPS) is 11.0. The van der Waals surface area contributed by atoms with Gasteiger partial charge in [0.2, 0.25) is 5.88 Å². The van der Waals surface area contributed by atoms with Gasteiger partial charge in [0, 0.05) is 32.4 Å². The molecule has 0 fully saturated rings. The van der Waals surface area contributed by atoms with Crippen molar-refractivity contribution in [2.45, 2.75) is 6.54 Å². The van der Waals surface area contributed by atoms with Gasteiger partial charge in [-0.3, -0.25) is 4.99 Å². The molecule has 0 aliphatic rings. The molecule has 0 saturated heterocycles. The van der Waals surface area contributed by atoms with Crippen LogP contribution in [0.5, 0.6) is 5.88 Å². The highest BCUT2D eigenvalue weighted by molar-refractivity contribution is 5.79. The largest absolute Gasteiger partial charge is 0.481 e. The monoisotopic (exact) mass is 208 g/mol. The van der Waals surface area contributed by atoms with E-state index in [2.05, 4.69) is 20.6 Å². The van der Waals surface area contributed by atoms with Crippen molar-refractivity contribution in [1.82, 2.24) is 15.6 Å². The van der Waals surface area contributed by atoms with Crippen molar-refractivity contribution in [3.8, 4) is 5.88 Å². The summed E-state index contributed by atoms with van der Waals surface area (Å²) in [5, 5.41) is 6.07. The first-order valence-electron chi connectivity index (χ1n) is 4.68. The Hall–Kier alpha value is -1.78. The second kappa shape index (κ2) is 5.85. The maximum absolute atomic E-state index is 5.13. The Bertz CT molecular complexity index is 338. The first-order valence-corrected chi connectivity index (χ1v) is 4.68. The molecule has 1 aromatic rings. The number of pyridine rings is 1. The topological polar surface area (TPSA) is 58.5 Å². The Morgan fingerprint density at radius 3 is 3.00 bits per heavy atom. The number of rotatable bonds is 3. The zero-order valence-corrected chi connectivity index (χ0v) is 9.24. The van der Waals surface area contributed by atoms with Gasteiger partial charge >= 0.3 is 0 Å². The van der Waals surface area contributed by atoms with Crippen molar-refractivity contribution >= 4 is 5.96 Å². The average Bonchev–Trinajstić information content (AvgIpc) is 2.31. The summed E-state index contributed by atoms with van der Waals surface area (Å²) in [5.41, 5.74) is 0.997. The van der Waals surface area contributed by atoms with Crippen LogP contribution < -0.4 is 15.4 Å². The second-order valence-electron chi connectivity index (χ2n) is 2.85. The van der Waals surface area contributed by atoms with Crippen molar-refractivity contribution in [3.05, 3.63) is 23.9 Å². The van der Waals surface area contributed by atoms with Crippen LogP contribution in [0.25, 0.3) is 0 Å². The predicted octanol–water partition coefficient (Wildman–Crippen LogP) is 0.385. The quantitative estimate of drug-likeness (QED) is 0.557. The van der Waals surface area contributed by atoms with Gasteiger partial charge in [-0.15, -0.1) is 0 Å². The molecule has 15 heavy (non-hydrogen) atoms. The number of nitrogens with zero attached hydrogens (tertiary/aromatic N) is 2. The molecule has 0 aromatic carbocycles. The van der Waals surface area contributed by atoms with Crippen LogP contribution >= 0.6 is 0 Å². The Balaban J connectivity index is 2.64. The highest BCUT2D eigenvalue weighted by atomic mass is 16.5. The van der Waals surface area contributed by atoms with Gasteiger partial charge in [-0.2, -0.15) is 0 Å². The summed E-state index contributed by atoms with van der Waals surface area (Å²) in [7, 11) is 5.15. The van der Waals surface area contributed by atoms with Crippen LogP contribution in [0.2, 0.25) is 0 Å². The van der Waals surface area contributed by atoms with E-state index in [1.165, 1.54) is 0 Å². The first-order chi connectivity index (χ1) is 7.31. The van der Waals surface area contributed by atoms with Crippen LogP contribution in [0, 0.1) is 0 Å². The summed E-state index contributed by atoms with van der Waals surface area (Å²) < 4.78 is 5.13. The molecule has 0 unspecified atom stereocenters. The number of guanidine groups is 1. The third-order valence-electron chi connectivity index (χ3n) is 1.95. The van der Waals surface area contributed by atoms with E-state index in [0.717, 1.165) is 11.5 Å². The predicted molar refractivity (Wildman–Crippen MR) is 60.0 cm³/mol. The Morgan fingerprint density at radius 1 is 1.60 bits per heavy atom. The molecular weight excluding hydrogens is 192 g/mol. The van der Waals surface area contributed by atoms with Crippen molar-refractivity contribution in [3.63, 3.8) is 0 Å². The molecule has 2 N–H and O–H groups in total. The molecule has 0 aliphatic carbocycles. The molecule has 1 aromatic heterocycles. The lowest BCUT2D eigenvalue weighted by Gasteiger charge is -2.10. The molecule has 0 atom stereocenters. The van der Waals surface area contributed by atoms with Crippen LogP contribution in [0.4, 0.5) is 0 Å². The van der Waals surface area contributed by atoms with Gasteiger partial charge in [0.1, 0.15) is 0 Å². The number of aliphatic imine (C=N–C) groups is 1. The van der Waals surface area contributed by atoms with Gasteiger partial charge in [0.15, 0.2) is 5.96 Å². The minimum Gasteiger partial charge on any atom is -0.481 e. The van der Waals surface area contributed by atoms with E-state index in [-0.39, 0.29) is 0 Å². The van der Waals surface area contributed by atoms with Gasteiger partial charge in [-0.05, 0) is 6.07 Å². The molecule has 0 aliphatic heterocycles. The lowest BCUT2D eigenvalue weighted by Crippen LogP contribution is -2.34. The molecule has 0 amide bonds. The fraction of sp³-hybridized carbons (Fsp3) is 0.400. The fourth-order valence-electron chi connectivity index (χ4n) is 1.20. The molecule has 0 spiro atoms. The average molecular weight is 208 g/mol. The van der Waals surface area contributed by atoms with E-state index in [1.54, 1.807) is 20.4 Å². The van der Waals surface area contributed by atoms with E-state index in [9.17, 15) is 0 Å². The molecule has 0 radical (unpaired) electrons. The third-order valence-corrected chi connectivity index (χ3v) is 1.95. The summed E-state index contributed by atoms with van der Waals surface area (Å²) in [6, 6.07) is 3.84. The number of aromatic nitrogens is 1. The fourth-order valence-corrected chi connectivity index (χ4v) is 1.20. The van der Waals surface area contributed by atoms with Gasteiger partial charge in [-0.25, -0.2) is 4.98 Å². The summed E-state index contributed by atoms with van der Waals surface area (Å²) in [5.74, 6) is 1.37. The Kier molecular flexibility index (Phi) is 4.40. The maximum atomic E-state index is 5.13. The first kappa shape index (κ1) is 11.3. The molecule has 82 valence electrons. The molecule has 5 nitrogen and oxygen atoms in total. The highest BCUT2D eigenvalue weighted by Gasteiger charge is 2.03. The summed E-state index contributed by atoms with van der Waals surface area (Å²) in [6.07, 6.45) is 1.70. The molecule has 5 heteroatoms. The van der Waals surface area contributed by atoms with Crippen LogP contribution in [-0.2, 0) is 6.54 Å². The zero-order chi connectivity index (χ0) is 11.1. The minimum absolute atomic E-state index is 0.629. The van der Waals surface area contributed by atoms with Gasteiger partial charge < -0.3 is 15.4 Å². The number of nitrogens with one attached hydrogen (secondary N) is 2. The van der Waals surface area contributed by atoms with Crippen LogP contribution in [0.1, 0.15) is 5.56 Å². The zero-order valence-electron chi connectivity index (χ0n) is 9.24. The third kappa shape index (κ3) is 3.12. The minimum atomic E-state index is 0.629. The van der Waals surface area contributed by atoms with Crippen molar-refractivity contribution in [2.75, 3.05) is 21.2 Å². The standard InChI is InChI=1S/C10H16N4O/c1-11-10(12-2)14-7-8-5-4-6-13-9(8)15-3/h4-6H,7H2,1-3H3,(H2,11,12,14). The van der Waals surface area contributed by atoms with Crippen molar-refractivity contribution in [2.24, 2.45) is 4.99 Å². The van der Waals surface area contributed by atoms with E-state index >= 15 is 0 Å². The highest BCUT2D eigenvalue weighted by Crippen LogP contribution is 2.12.